The largest absolute Gasteiger partial charge is 0.497 e. The molecule has 2 fully saturated rings. The summed E-state index contributed by atoms with van der Waals surface area (Å²) in [6.45, 7) is 3.64. The number of nitrogens with zero attached hydrogens (tertiary/aromatic N) is 1. The number of nitrogens with one attached hydrogen (secondary N) is 1. The molecule has 0 saturated carbocycles. The Kier molecular flexibility index (Phi) is 5.06. The normalized spacial score (nSPS) is 25.4. The summed E-state index contributed by atoms with van der Waals surface area (Å²) in [7, 11) is 1.67. The zero-order chi connectivity index (χ0) is 16.2. The van der Waals surface area contributed by atoms with E-state index in [2.05, 4.69) is 11.4 Å². The molecule has 0 radical (unpaired) electrons. The number of rotatable bonds is 4. The second-order valence-corrected chi connectivity index (χ2v) is 6.42. The van der Waals surface area contributed by atoms with Crippen LogP contribution in [0.4, 0.5) is 4.79 Å². The second-order valence-electron chi connectivity index (χ2n) is 6.42. The van der Waals surface area contributed by atoms with E-state index in [9.17, 15) is 4.79 Å². The number of amides is 2. The molecule has 2 heterocycles. The van der Waals surface area contributed by atoms with E-state index < -0.39 is 0 Å². The van der Waals surface area contributed by atoms with Gasteiger partial charge in [-0.1, -0.05) is 12.1 Å². The van der Waals surface area contributed by atoms with Crippen LogP contribution in [0.2, 0.25) is 0 Å². The Bertz CT molecular complexity index is 543. The Morgan fingerprint density at radius 2 is 2.26 bits per heavy atom. The number of carbonyl (C=O) groups excluding carboxylic acids is 1. The highest BCUT2D eigenvalue weighted by Crippen LogP contribution is 2.33. The maximum atomic E-state index is 12.7. The number of methoxy groups -OCH3 is 1. The molecule has 3 rings (SSSR count). The van der Waals surface area contributed by atoms with Crippen molar-refractivity contribution in [2.24, 2.45) is 0 Å². The molecule has 1 aromatic carbocycles. The first kappa shape index (κ1) is 16.1. The van der Waals surface area contributed by atoms with E-state index in [1.807, 2.05) is 30.0 Å². The first-order chi connectivity index (χ1) is 11.2. The van der Waals surface area contributed by atoms with Crippen LogP contribution in [0, 0.1) is 0 Å². The third-order valence-corrected chi connectivity index (χ3v) is 4.87. The fraction of sp³-hybridized carbons (Fsp3) is 0.611. The van der Waals surface area contributed by atoms with E-state index in [-0.39, 0.29) is 24.2 Å². The zero-order valence-corrected chi connectivity index (χ0v) is 14.0. The van der Waals surface area contributed by atoms with Crippen LogP contribution in [-0.2, 0) is 4.74 Å². The van der Waals surface area contributed by atoms with Crippen molar-refractivity contribution in [1.82, 2.24) is 10.2 Å². The minimum absolute atomic E-state index is 0.0123. The molecular weight excluding hydrogens is 292 g/mol. The molecule has 23 heavy (non-hydrogen) atoms. The second kappa shape index (κ2) is 7.21. The van der Waals surface area contributed by atoms with Gasteiger partial charge in [-0.3, -0.25) is 0 Å². The number of benzene rings is 1. The maximum Gasteiger partial charge on any atom is 0.318 e. The van der Waals surface area contributed by atoms with Crippen molar-refractivity contribution < 1.29 is 14.3 Å². The minimum atomic E-state index is 0.0123. The van der Waals surface area contributed by atoms with Gasteiger partial charge in [-0.05, 0) is 50.3 Å². The van der Waals surface area contributed by atoms with E-state index in [1.165, 1.54) is 0 Å². The highest BCUT2D eigenvalue weighted by Gasteiger charge is 2.32. The van der Waals surface area contributed by atoms with Gasteiger partial charge in [0.1, 0.15) is 5.75 Å². The predicted octanol–water partition coefficient (Wildman–Crippen LogP) is 3.11. The molecule has 1 N–H and O–H groups in total. The number of hydrogen-bond acceptors (Lipinski definition) is 3. The van der Waals surface area contributed by atoms with Crippen LogP contribution in [-0.4, -0.2) is 43.3 Å². The Morgan fingerprint density at radius 1 is 1.39 bits per heavy atom. The van der Waals surface area contributed by atoms with Crippen LogP contribution in [0.25, 0.3) is 0 Å². The van der Waals surface area contributed by atoms with Gasteiger partial charge in [-0.15, -0.1) is 0 Å². The summed E-state index contributed by atoms with van der Waals surface area (Å²) in [5.74, 6) is 0.836. The molecule has 0 spiro atoms. The third kappa shape index (κ3) is 3.61. The summed E-state index contributed by atoms with van der Waals surface area (Å²) in [5, 5.41) is 3.12. The lowest BCUT2D eigenvalue weighted by atomic mass is 10.0. The van der Waals surface area contributed by atoms with Crippen LogP contribution in [0.15, 0.2) is 24.3 Å². The Morgan fingerprint density at radius 3 is 3.00 bits per heavy atom. The van der Waals surface area contributed by atoms with Crippen LogP contribution in [0.3, 0.4) is 0 Å². The predicted molar refractivity (Wildman–Crippen MR) is 88.6 cm³/mol. The molecule has 0 aliphatic carbocycles. The number of urea groups is 1. The highest BCUT2D eigenvalue weighted by atomic mass is 16.5. The third-order valence-electron chi connectivity index (χ3n) is 4.87. The lowest BCUT2D eigenvalue weighted by Gasteiger charge is -2.28. The number of ether oxygens (including phenoxy) is 2. The van der Waals surface area contributed by atoms with E-state index in [0.717, 1.165) is 50.1 Å². The zero-order valence-electron chi connectivity index (χ0n) is 14.0. The first-order valence-corrected chi connectivity index (χ1v) is 8.51. The molecule has 3 atom stereocenters. The molecule has 2 aliphatic rings. The van der Waals surface area contributed by atoms with Gasteiger partial charge in [0.25, 0.3) is 0 Å². The summed E-state index contributed by atoms with van der Waals surface area (Å²) in [6.07, 6.45) is 4.29. The monoisotopic (exact) mass is 318 g/mol. The number of carbonyl (C=O) groups is 1. The summed E-state index contributed by atoms with van der Waals surface area (Å²) >= 11 is 0. The Balaban J connectivity index is 1.66. The molecule has 0 bridgehead atoms. The summed E-state index contributed by atoms with van der Waals surface area (Å²) in [5.41, 5.74) is 1.14. The van der Waals surface area contributed by atoms with E-state index >= 15 is 0 Å². The molecule has 2 amide bonds. The summed E-state index contributed by atoms with van der Waals surface area (Å²) < 4.78 is 11.0. The lowest BCUT2D eigenvalue weighted by molar-refractivity contribution is 0.0829. The molecule has 0 aromatic heterocycles. The van der Waals surface area contributed by atoms with Crippen molar-refractivity contribution in [3.63, 3.8) is 0 Å². The number of hydrogen-bond donors (Lipinski definition) is 1. The minimum Gasteiger partial charge on any atom is -0.497 e. The summed E-state index contributed by atoms with van der Waals surface area (Å²) in [4.78, 5) is 14.6. The molecular formula is C18H26N2O3. The molecule has 2 saturated heterocycles. The highest BCUT2D eigenvalue weighted by molar-refractivity contribution is 5.75. The lowest BCUT2D eigenvalue weighted by Crippen LogP contribution is -2.47. The molecule has 5 heteroatoms. The van der Waals surface area contributed by atoms with Crippen LogP contribution >= 0.6 is 0 Å². The molecule has 2 aliphatic heterocycles. The van der Waals surface area contributed by atoms with Crippen LogP contribution in [0.1, 0.15) is 44.2 Å². The van der Waals surface area contributed by atoms with Crippen LogP contribution < -0.4 is 10.1 Å². The molecule has 1 aromatic rings. The fourth-order valence-corrected chi connectivity index (χ4v) is 3.57. The standard InChI is InChI=1S/C18H26N2O3/c1-13(17-9-5-11-23-17)19-18(21)20-10-4-8-16(20)14-6-3-7-15(12-14)22-2/h3,6-7,12-13,16-17H,4-5,8-11H2,1-2H3,(H,19,21)/t13-,16-,17+/m0/s1. The topological polar surface area (TPSA) is 50.8 Å². The van der Waals surface area contributed by atoms with Gasteiger partial charge in [0.05, 0.1) is 25.3 Å². The smallest absolute Gasteiger partial charge is 0.318 e. The van der Waals surface area contributed by atoms with E-state index in [1.54, 1.807) is 7.11 Å². The van der Waals surface area contributed by atoms with Gasteiger partial charge >= 0.3 is 6.03 Å². The van der Waals surface area contributed by atoms with Gasteiger partial charge in [-0.25, -0.2) is 4.79 Å². The number of likely N-dealkylation sites (tertiary alicyclic amines) is 1. The van der Waals surface area contributed by atoms with Crippen molar-refractivity contribution in [2.45, 2.75) is 50.8 Å². The Hall–Kier alpha value is -1.75. The van der Waals surface area contributed by atoms with Gasteiger partial charge in [0.15, 0.2) is 0 Å². The van der Waals surface area contributed by atoms with Gasteiger partial charge in [-0.2, -0.15) is 0 Å². The fourth-order valence-electron chi connectivity index (χ4n) is 3.57. The maximum absolute atomic E-state index is 12.7. The van der Waals surface area contributed by atoms with E-state index in [0.29, 0.717) is 0 Å². The average Bonchev–Trinajstić information content (AvgIpc) is 3.26. The molecule has 126 valence electrons. The average molecular weight is 318 g/mol. The van der Waals surface area contributed by atoms with E-state index in [4.69, 9.17) is 9.47 Å². The van der Waals surface area contributed by atoms with Gasteiger partial charge in [0, 0.05) is 13.2 Å². The van der Waals surface area contributed by atoms with Crippen molar-refractivity contribution in [2.75, 3.05) is 20.3 Å². The van der Waals surface area contributed by atoms with Crippen molar-refractivity contribution in [1.29, 1.82) is 0 Å². The SMILES string of the molecule is COc1cccc([C@@H]2CCCN2C(=O)N[C@@H](C)[C@H]2CCCO2)c1. The van der Waals surface area contributed by atoms with Crippen molar-refractivity contribution >= 4 is 6.03 Å². The molecule has 5 nitrogen and oxygen atoms in total. The first-order valence-electron chi connectivity index (χ1n) is 8.51. The van der Waals surface area contributed by atoms with Crippen LogP contribution in [0.5, 0.6) is 5.75 Å². The van der Waals surface area contributed by atoms with Gasteiger partial charge < -0.3 is 19.7 Å². The van der Waals surface area contributed by atoms with Gasteiger partial charge in [0.2, 0.25) is 0 Å². The quantitative estimate of drug-likeness (QED) is 0.928. The summed E-state index contributed by atoms with van der Waals surface area (Å²) in [6, 6.07) is 8.21. The Labute approximate surface area is 137 Å². The molecule has 0 unspecified atom stereocenters. The van der Waals surface area contributed by atoms with Crippen molar-refractivity contribution in [3.8, 4) is 5.75 Å². The van der Waals surface area contributed by atoms with Crippen molar-refractivity contribution in [3.05, 3.63) is 29.8 Å².